The highest BCUT2D eigenvalue weighted by molar-refractivity contribution is 8.00. The minimum absolute atomic E-state index is 0.0505. The summed E-state index contributed by atoms with van der Waals surface area (Å²) in [5.41, 5.74) is 2.91. The fraction of sp³-hybridized carbons (Fsp3) is 0.241. The quantitative estimate of drug-likeness (QED) is 0.192. The zero-order valence-electron chi connectivity index (χ0n) is 21.0. The molecule has 0 bridgehead atoms. The van der Waals surface area contributed by atoms with Gasteiger partial charge in [0.05, 0.1) is 6.42 Å². The van der Waals surface area contributed by atoms with Gasteiger partial charge in [0.1, 0.15) is 6.04 Å². The first-order chi connectivity index (χ1) is 18.1. The molecule has 0 saturated carbocycles. The molecule has 0 spiro atoms. The third-order valence-electron chi connectivity index (χ3n) is 5.73. The van der Waals surface area contributed by atoms with Crippen molar-refractivity contribution in [1.82, 2.24) is 5.32 Å². The zero-order chi connectivity index (χ0) is 27.7. The second-order valence-corrected chi connectivity index (χ2v) is 11.0. The highest BCUT2D eigenvalue weighted by Crippen LogP contribution is 2.28. The van der Waals surface area contributed by atoms with E-state index in [1.165, 1.54) is 23.3 Å². The smallest absolute Gasteiger partial charge is 0.326 e. The summed E-state index contributed by atoms with van der Waals surface area (Å²) in [7, 11) is 0. The molecule has 198 valence electrons. The highest BCUT2D eigenvalue weighted by atomic mass is 32.2. The summed E-state index contributed by atoms with van der Waals surface area (Å²) in [6.45, 7) is 4.05. The third-order valence-corrected chi connectivity index (χ3v) is 8.08. The molecule has 1 unspecified atom stereocenters. The summed E-state index contributed by atoms with van der Waals surface area (Å²) in [6.07, 6.45) is -0.739. The first-order valence-corrected chi connectivity index (χ1v) is 13.9. The number of carbonyl (C=O) groups is 4. The Hall–Kier alpha value is -3.56. The van der Waals surface area contributed by atoms with Crippen LogP contribution in [0.1, 0.15) is 38.3 Å². The monoisotopic (exact) mass is 551 g/mol. The topological polar surface area (TPSA) is 121 Å². The number of carbonyl (C=O) groups excluding carboxylic acids is 2. The molecular weight excluding hydrogens is 522 g/mol. The van der Waals surface area contributed by atoms with Gasteiger partial charge in [-0.25, -0.2) is 4.79 Å². The molecule has 1 amide bonds. The van der Waals surface area contributed by atoms with Crippen LogP contribution in [0, 0.1) is 19.8 Å². The Bertz CT molecular complexity index is 1220. The number of thioether (sulfide) groups is 2. The van der Waals surface area contributed by atoms with Crippen molar-refractivity contribution in [3.8, 4) is 0 Å². The molecule has 0 saturated heterocycles. The van der Waals surface area contributed by atoms with Crippen LogP contribution in [0.2, 0.25) is 0 Å². The van der Waals surface area contributed by atoms with Crippen LogP contribution in [-0.2, 0) is 9.59 Å². The minimum Gasteiger partial charge on any atom is -0.481 e. The van der Waals surface area contributed by atoms with Crippen LogP contribution in [0.15, 0.2) is 82.6 Å². The average molecular weight is 552 g/mol. The average Bonchev–Trinajstić information content (AvgIpc) is 2.89. The summed E-state index contributed by atoms with van der Waals surface area (Å²) >= 11 is 3.24. The molecule has 0 aromatic heterocycles. The maximum Gasteiger partial charge on any atom is 0.326 e. The van der Waals surface area contributed by atoms with Crippen LogP contribution in [0.4, 0.5) is 0 Å². The van der Waals surface area contributed by atoms with Gasteiger partial charge in [0, 0.05) is 38.3 Å². The largest absolute Gasteiger partial charge is 0.481 e. The lowest BCUT2D eigenvalue weighted by atomic mass is 9.99. The van der Waals surface area contributed by atoms with Gasteiger partial charge in [-0.2, -0.15) is 0 Å². The van der Waals surface area contributed by atoms with Crippen molar-refractivity contribution in [3.05, 3.63) is 95.1 Å². The van der Waals surface area contributed by atoms with Crippen molar-refractivity contribution < 1.29 is 29.4 Å². The molecule has 7 nitrogen and oxygen atoms in total. The Labute approximate surface area is 230 Å². The van der Waals surface area contributed by atoms with E-state index < -0.39 is 30.3 Å². The summed E-state index contributed by atoms with van der Waals surface area (Å²) in [4.78, 5) is 50.2. The SMILES string of the molecule is Cc1ccc(SCC(CSc2ccc(C)cc2)C(=O)c2ccc(C(=O)NC(CC(=O)O)C(=O)O)cc2)cc1. The number of benzene rings is 3. The van der Waals surface area contributed by atoms with Crippen LogP contribution in [0.3, 0.4) is 0 Å². The molecule has 38 heavy (non-hydrogen) atoms. The highest BCUT2D eigenvalue weighted by Gasteiger charge is 2.25. The Morgan fingerprint density at radius 3 is 1.58 bits per heavy atom. The van der Waals surface area contributed by atoms with E-state index in [0.29, 0.717) is 17.1 Å². The normalized spacial score (nSPS) is 11.7. The fourth-order valence-electron chi connectivity index (χ4n) is 3.50. The number of aryl methyl sites for hydroxylation is 2. The molecule has 3 rings (SSSR count). The summed E-state index contributed by atoms with van der Waals surface area (Å²) in [6, 6.07) is 20.7. The van der Waals surface area contributed by atoms with E-state index in [0.717, 1.165) is 9.79 Å². The second-order valence-electron chi connectivity index (χ2n) is 8.85. The van der Waals surface area contributed by atoms with Crippen molar-refractivity contribution in [2.45, 2.75) is 36.1 Å². The van der Waals surface area contributed by atoms with Gasteiger partial charge < -0.3 is 15.5 Å². The molecule has 0 radical (unpaired) electrons. The van der Waals surface area contributed by atoms with Crippen molar-refractivity contribution >= 4 is 47.2 Å². The maximum absolute atomic E-state index is 13.5. The van der Waals surface area contributed by atoms with E-state index in [2.05, 4.69) is 5.32 Å². The third kappa shape index (κ3) is 8.78. The van der Waals surface area contributed by atoms with Crippen molar-refractivity contribution in [3.63, 3.8) is 0 Å². The lowest BCUT2D eigenvalue weighted by molar-refractivity contribution is -0.145. The number of hydrogen-bond acceptors (Lipinski definition) is 6. The predicted molar refractivity (Wildman–Crippen MR) is 149 cm³/mol. The van der Waals surface area contributed by atoms with Crippen LogP contribution < -0.4 is 5.32 Å². The molecular formula is C29H29NO6S2. The molecule has 9 heteroatoms. The number of ketones is 1. The van der Waals surface area contributed by atoms with E-state index in [1.807, 2.05) is 62.4 Å². The van der Waals surface area contributed by atoms with Crippen molar-refractivity contribution in [2.24, 2.45) is 5.92 Å². The van der Waals surface area contributed by atoms with Gasteiger partial charge in [0.15, 0.2) is 5.78 Å². The van der Waals surface area contributed by atoms with Gasteiger partial charge in [-0.05, 0) is 50.2 Å². The van der Waals surface area contributed by atoms with Gasteiger partial charge in [0.25, 0.3) is 5.91 Å². The van der Waals surface area contributed by atoms with Crippen LogP contribution in [0.25, 0.3) is 0 Å². The zero-order valence-corrected chi connectivity index (χ0v) is 22.7. The van der Waals surface area contributed by atoms with E-state index >= 15 is 0 Å². The lowest BCUT2D eigenvalue weighted by Crippen LogP contribution is -2.42. The molecule has 0 aliphatic carbocycles. The summed E-state index contributed by atoms with van der Waals surface area (Å²) < 4.78 is 0. The molecule has 3 N–H and O–H groups in total. The number of hydrogen-bond donors (Lipinski definition) is 3. The number of Topliss-reactive ketones (excluding diaryl/α,β-unsaturated/α-hetero) is 1. The first-order valence-electron chi connectivity index (χ1n) is 11.9. The van der Waals surface area contributed by atoms with E-state index in [9.17, 15) is 19.2 Å². The fourth-order valence-corrected chi connectivity index (χ4v) is 5.63. The Balaban J connectivity index is 1.72. The molecule has 0 heterocycles. The molecule has 3 aromatic rings. The first kappa shape index (κ1) is 29.0. The van der Waals surface area contributed by atoms with E-state index in [4.69, 9.17) is 10.2 Å². The summed E-state index contributed by atoms with van der Waals surface area (Å²) in [5, 5.41) is 20.2. The van der Waals surface area contributed by atoms with Gasteiger partial charge in [-0.1, -0.05) is 47.5 Å². The Kier molecular flexibility index (Phi) is 10.6. The number of aliphatic carboxylic acids is 2. The number of carboxylic acid groups (broad SMARTS) is 2. The number of amides is 1. The van der Waals surface area contributed by atoms with Crippen LogP contribution in [-0.4, -0.2) is 51.4 Å². The van der Waals surface area contributed by atoms with Crippen molar-refractivity contribution in [1.29, 1.82) is 0 Å². The van der Waals surface area contributed by atoms with Gasteiger partial charge in [-0.15, -0.1) is 23.5 Å². The summed E-state index contributed by atoms with van der Waals surface area (Å²) in [5.74, 6) is -2.68. The van der Waals surface area contributed by atoms with E-state index in [-0.39, 0.29) is 17.3 Å². The minimum atomic E-state index is -1.55. The van der Waals surface area contributed by atoms with Gasteiger partial charge in [0.2, 0.25) is 0 Å². The van der Waals surface area contributed by atoms with Gasteiger partial charge >= 0.3 is 11.9 Å². The number of carboxylic acids is 2. The second kappa shape index (κ2) is 13.8. The Morgan fingerprint density at radius 1 is 0.711 bits per heavy atom. The molecule has 0 aliphatic heterocycles. The molecule has 0 fully saturated rings. The van der Waals surface area contributed by atoms with Crippen LogP contribution >= 0.6 is 23.5 Å². The Morgan fingerprint density at radius 2 is 1.16 bits per heavy atom. The molecule has 0 aliphatic rings. The van der Waals surface area contributed by atoms with E-state index in [1.54, 1.807) is 35.7 Å². The predicted octanol–water partition coefficient (Wildman–Crippen LogP) is 5.34. The molecule has 1 atom stereocenters. The maximum atomic E-state index is 13.5. The van der Waals surface area contributed by atoms with Crippen molar-refractivity contribution in [2.75, 3.05) is 11.5 Å². The standard InChI is InChI=1S/C29H29NO6S2/c1-18-3-11-23(12-4-18)37-16-22(17-38-24-13-5-19(2)6-14-24)27(33)20-7-9-21(10-8-20)28(34)30-25(29(35)36)15-26(31)32/h3-14,22,25H,15-17H2,1-2H3,(H,30,34)(H,31,32)(H,35,36). The lowest BCUT2D eigenvalue weighted by Gasteiger charge is -2.16. The van der Waals surface area contributed by atoms with Gasteiger partial charge in [-0.3, -0.25) is 14.4 Å². The number of nitrogens with one attached hydrogen (secondary N) is 1. The van der Waals surface area contributed by atoms with Crippen LogP contribution in [0.5, 0.6) is 0 Å². The number of rotatable bonds is 13. The molecule has 3 aromatic carbocycles.